The molecule has 0 bridgehead atoms. The lowest BCUT2D eigenvalue weighted by molar-refractivity contribution is 0.0877. The van der Waals surface area contributed by atoms with Crippen LogP contribution in [0.3, 0.4) is 0 Å². The number of benzene rings is 1. The largest absolute Gasteiger partial charge is 0.274 e. The number of rotatable bonds is 3. The summed E-state index contributed by atoms with van der Waals surface area (Å²) >= 11 is 0. The fourth-order valence-electron chi connectivity index (χ4n) is 3.89. The number of nitrogens with zero attached hydrogens (tertiary/aromatic N) is 2. The van der Waals surface area contributed by atoms with Crippen LogP contribution >= 0.6 is 0 Å². The number of carbonyl (C=O) groups excluding carboxylic acids is 1. The van der Waals surface area contributed by atoms with Gasteiger partial charge in [0.1, 0.15) is 11.3 Å². The number of pyridine rings is 1. The molecule has 1 heterocycles. The fourth-order valence-corrected chi connectivity index (χ4v) is 3.89. The van der Waals surface area contributed by atoms with Gasteiger partial charge >= 0.3 is 0 Å². The van der Waals surface area contributed by atoms with E-state index in [-0.39, 0.29) is 23.6 Å². The number of hydrogen-bond donors (Lipinski definition) is 0. The van der Waals surface area contributed by atoms with Gasteiger partial charge in [-0.15, -0.1) is 0 Å². The molecule has 1 aromatic heterocycles. The van der Waals surface area contributed by atoms with E-state index >= 15 is 0 Å². The first-order valence-electron chi connectivity index (χ1n) is 9.24. The monoisotopic (exact) mass is 338 g/mol. The van der Waals surface area contributed by atoms with Crippen LogP contribution in [0.25, 0.3) is 0 Å². The Bertz CT molecular complexity index is 836. The van der Waals surface area contributed by atoms with Gasteiger partial charge in [0.05, 0.1) is 6.04 Å². The van der Waals surface area contributed by atoms with Crippen LogP contribution in [0.15, 0.2) is 53.7 Å². The second-order valence-electron chi connectivity index (χ2n) is 7.16. The van der Waals surface area contributed by atoms with Crippen molar-refractivity contribution in [2.45, 2.75) is 50.5 Å². The highest BCUT2D eigenvalue weighted by atomic mass is 19.1. The zero-order valence-electron chi connectivity index (χ0n) is 14.3. The molecule has 4 rings (SSSR count). The van der Waals surface area contributed by atoms with Crippen LogP contribution in [0.1, 0.15) is 54.8 Å². The van der Waals surface area contributed by atoms with Crippen molar-refractivity contribution in [3.05, 3.63) is 65.5 Å². The molecule has 0 N–H and O–H groups in total. The molecule has 0 radical (unpaired) electrons. The van der Waals surface area contributed by atoms with E-state index in [9.17, 15) is 9.18 Å². The molecule has 2 fully saturated rings. The topological polar surface area (TPSA) is 34.4 Å². The molecule has 1 aromatic carbocycles. The Morgan fingerprint density at radius 1 is 1.04 bits per heavy atom. The van der Waals surface area contributed by atoms with Crippen LogP contribution in [0.5, 0.6) is 0 Å². The Hall–Kier alpha value is -2.23. The van der Waals surface area contributed by atoms with E-state index in [0.717, 1.165) is 18.3 Å². The number of carbonyl (C=O) groups is 1. The molecule has 2 unspecified atom stereocenters. The summed E-state index contributed by atoms with van der Waals surface area (Å²) in [5.41, 5.74) is 1.39. The summed E-state index contributed by atoms with van der Waals surface area (Å²) in [4.78, 5) is 17.8. The average molecular weight is 338 g/mol. The van der Waals surface area contributed by atoms with Gasteiger partial charge in [0, 0.05) is 12.1 Å². The highest BCUT2D eigenvalue weighted by Crippen LogP contribution is 2.48. The van der Waals surface area contributed by atoms with Crippen molar-refractivity contribution in [2.24, 2.45) is 10.9 Å². The first-order chi connectivity index (χ1) is 12.2. The number of halogens is 1. The first kappa shape index (κ1) is 16.2. The highest BCUT2D eigenvalue weighted by molar-refractivity contribution is 5.85. The average Bonchev–Trinajstić information content (AvgIpc) is 3.43. The maximum Gasteiger partial charge on any atom is 0.235 e. The number of aromatic nitrogens is 1. The molecule has 25 heavy (non-hydrogen) atoms. The van der Waals surface area contributed by atoms with E-state index in [1.54, 1.807) is 22.9 Å². The van der Waals surface area contributed by atoms with Crippen LogP contribution < -0.4 is 5.49 Å². The lowest BCUT2D eigenvalue weighted by atomic mass is 9.96. The standard InChI is InChI=1S/C21H23FN2O/c22-19-11-5-4-10-16(19)17-14-18(17)21(25)24-13-7-6-12-20(24)23-15-8-2-1-3-9-15/h4-7,10-13,15,17-18H,1-3,8-9,14H2. The van der Waals surface area contributed by atoms with Gasteiger partial charge in [0.25, 0.3) is 0 Å². The van der Waals surface area contributed by atoms with Crippen molar-refractivity contribution in [3.63, 3.8) is 0 Å². The van der Waals surface area contributed by atoms with Crippen LogP contribution in [-0.2, 0) is 0 Å². The molecular weight excluding hydrogens is 315 g/mol. The van der Waals surface area contributed by atoms with Crippen molar-refractivity contribution in [1.29, 1.82) is 0 Å². The lowest BCUT2D eigenvalue weighted by Crippen LogP contribution is -2.30. The van der Waals surface area contributed by atoms with Gasteiger partial charge in [-0.2, -0.15) is 0 Å². The predicted octanol–water partition coefficient (Wildman–Crippen LogP) is 4.30. The second-order valence-corrected chi connectivity index (χ2v) is 7.16. The predicted molar refractivity (Wildman–Crippen MR) is 94.7 cm³/mol. The van der Waals surface area contributed by atoms with Crippen molar-refractivity contribution >= 4 is 5.91 Å². The van der Waals surface area contributed by atoms with Gasteiger partial charge in [-0.3, -0.25) is 14.4 Å². The minimum Gasteiger partial charge on any atom is -0.274 e. The van der Waals surface area contributed by atoms with Gasteiger partial charge in [0.15, 0.2) is 0 Å². The summed E-state index contributed by atoms with van der Waals surface area (Å²) in [6, 6.07) is 12.8. The van der Waals surface area contributed by atoms with E-state index in [1.165, 1.54) is 25.3 Å². The lowest BCUT2D eigenvalue weighted by Gasteiger charge is -2.17. The summed E-state index contributed by atoms with van der Waals surface area (Å²) < 4.78 is 15.6. The summed E-state index contributed by atoms with van der Waals surface area (Å²) in [5, 5.41) is 0. The van der Waals surface area contributed by atoms with Crippen molar-refractivity contribution in [3.8, 4) is 0 Å². The molecule has 4 heteroatoms. The van der Waals surface area contributed by atoms with Crippen molar-refractivity contribution in [1.82, 2.24) is 4.57 Å². The Labute approximate surface area is 147 Å². The summed E-state index contributed by atoms with van der Waals surface area (Å²) in [5.74, 6) is -0.343. The normalized spacial score (nSPS) is 24.3. The zero-order chi connectivity index (χ0) is 17.2. The summed E-state index contributed by atoms with van der Waals surface area (Å²) in [7, 11) is 0. The molecule has 0 spiro atoms. The van der Waals surface area contributed by atoms with E-state index in [2.05, 4.69) is 0 Å². The van der Waals surface area contributed by atoms with Gasteiger partial charge in [0.2, 0.25) is 5.91 Å². The van der Waals surface area contributed by atoms with Crippen LogP contribution in [0, 0.1) is 11.7 Å². The Balaban J connectivity index is 1.58. The van der Waals surface area contributed by atoms with Crippen LogP contribution in [0.4, 0.5) is 4.39 Å². The van der Waals surface area contributed by atoms with E-state index in [4.69, 9.17) is 4.99 Å². The molecule has 130 valence electrons. The molecular formula is C21H23FN2O. The Kier molecular flexibility index (Phi) is 4.51. The first-order valence-corrected chi connectivity index (χ1v) is 9.24. The maximum atomic E-state index is 14.0. The molecule has 2 saturated carbocycles. The molecule has 0 amide bonds. The second kappa shape index (κ2) is 6.95. The molecule has 3 nitrogen and oxygen atoms in total. The van der Waals surface area contributed by atoms with E-state index < -0.39 is 0 Å². The van der Waals surface area contributed by atoms with Gasteiger partial charge in [-0.1, -0.05) is 43.5 Å². The third-order valence-corrected chi connectivity index (χ3v) is 5.38. The molecule has 2 atom stereocenters. The Morgan fingerprint density at radius 3 is 2.60 bits per heavy atom. The quantitative estimate of drug-likeness (QED) is 0.821. The highest BCUT2D eigenvalue weighted by Gasteiger charge is 2.45. The van der Waals surface area contributed by atoms with Crippen molar-refractivity contribution < 1.29 is 9.18 Å². The Morgan fingerprint density at radius 2 is 1.80 bits per heavy atom. The minimum absolute atomic E-state index is 0.0102. The molecule has 2 aliphatic carbocycles. The number of hydrogen-bond acceptors (Lipinski definition) is 2. The summed E-state index contributed by atoms with van der Waals surface area (Å²) in [6.45, 7) is 0. The molecule has 0 saturated heterocycles. The summed E-state index contributed by atoms with van der Waals surface area (Å²) in [6.07, 6.45) is 8.42. The van der Waals surface area contributed by atoms with Crippen molar-refractivity contribution in [2.75, 3.05) is 0 Å². The van der Waals surface area contributed by atoms with Gasteiger partial charge in [-0.05, 0) is 48.9 Å². The van der Waals surface area contributed by atoms with Gasteiger partial charge < -0.3 is 0 Å². The van der Waals surface area contributed by atoms with Crippen LogP contribution in [-0.4, -0.2) is 16.5 Å². The molecule has 2 aliphatic rings. The van der Waals surface area contributed by atoms with Crippen LogP contribution in [0.2, 0.25) is 0 Å². The third-order valence-electron chi connectivity index (χ3n) is 5.38. The van der Waals surface area contributed by atoms with E-state index in [0.29, 0.717) is 18.0 Å². The van der Waals surface area contributed by atoms with E-state index in [1.807, 2.05) is 24.3 Å². The zero-order valence-corrected chi connectivity index (χ0v) is 14.3. The molecule has 0 aliphatic heterocycles. The smallest absolute Gasteiger partial charge is 0.235 e. The fraction of sp³-hybridized carbons (Fsp3) is 0.429. The third kappa shape index (κ3) is 3.44. The maximum absolute atomic E-state index is 14.0. The van der Waals surface area contributed by atoms with Gasteiger partial charge in [-0.25, -0.2) is 4.39 Å². The molecule has 2 aromatic rings. The SMILES string of the molecule is O=C(C1CC1c1ccccc1F)n1ccccc1=NC1CCCCC1. The minimum atomic E-state index is -0.215.